The van der Waals surface area contributed by atoms with Crippen molar-refractivity contribution < 1.29 is 9.59 Å². The molecule has 1 aromatic carbocycles. The van der Waals surface area contributed by atoms with Crippen molar-refractivity contribution in [3.63, 3.8) is 0 Å². The average Bonchev–Trinajstić information content (AvgIpc) is 2.63. The smallest absolute Gasteiger partial charge is 0.272 e. The van der Waals surface area contributed by atoms with Crippen LogP contribution in [0, 0.1) is 5.92 Å². The van der Waals surface area contributed by atoms with E-state index < -0.39 is 17.0 Å². The van der Waals surface area contributed by atoms with Gasteiger partial charge in [-0.05, 0) is 31.4 Å². The van der Waals surface area contributed by atoms with Crippen molar-refractivity contribution in [3.05, 3.63) is 51.1 Å². The van der Waals surface area contributed by atoms with Crippen molar-refractivity contribution in [1.82, 2.24) is 15.5 Å². The highest BCUT2D eigenvalue weighted by Crippen LogP contribution is 2.18. The average molecular weight is 342 g/mol. The van der Waals surface area contributed by atoms with Crippen LogP contribution in [0.3, 0.4) is 0 Å². The minimum Gasteiger partial charge on any atom is -0.347 e. The van der Waals surface area contributed by atoms with Crippen LogP contribution < -0.4 is 21.8 Å². The molecule has 1 aliphatic rings. The summed E-state index contributed by atoms with van der Waals surface area (Å²) in [5, 5.41) is 9.92. The van der Waals surface area contributed by atoms with Gasteiger partial charge >= 0.3 is 0 Å². The van der Waals surface area contributed by atoms with Crippen molar-refractivity contribution in [2.75, 3.05) is 11.9 Å². The minimum atomic E-state index is -0.511. The third-order valence-corrected chi connectivity index (χ3v) is 4.16. The first-order chi connectivity index (χ1) is 12.1. The Labute approximate surface area is 142 Å². The van der Waals surface area contributed by atoms with Crippen molar-refractivity contribution in [3.8, 4) is 0 Å². The number of rotatable bonds is 4. The number of hydrogen-bond acceptors (Lipinski definition) is 4. The molecule has 1 atom stereocenters. The lowest BCUT2D eigenvalue weighted by Crippen LogP contribution is -2.37. The lowest BCUT2D eigenvalue weighted by Gasteiger charge is -2.17. The van der Waals surface area contributed by atoms with Crippen molar-refractivity contribution >= 4 is 28.3 Å². The first-order valence-electron chi connectivity index (χ1n) is 8.02. The molecule has 0 bridgehead atoms. The summed E-state index contributed by atoms with van der Waals surface area (Å²) in [6, 6.07) is 4.60. The number of aromatic nitrogens is 2. The maximum absolute atomic E-state index is 12.1. The number of H-pyrrole nitrogens is 2. The molecule has 0 saturated carbocycles. The predicted octanol–water partition coefficient (Wildman–Crippen LogP) is 0.627. The van der Waals surface area contributed by atoms with E-state index in [9.17, 15) is 19.2 Å². The lowest BCUT2D eigenvalue weighted by atomic mass is 9.94. The van der Waals surface area contributed by atoms with E-state index in [-0.39, 0.29) is 34.8 Å². The number of allylic oxidation sites excluding steroid dienone is 2. The van der Waals surface area contributed by atoms with E-state index in [4.69, 9.17) is 0 Å². The molecule has 130 valence electrons. The van der Waals surface area contributed by atoms with E-state index in [0.717, 1.165) is 12.8 Å². The van der Waals surface area contributed by atoms with Crippen LogP contribution in [0.25, 0.3) is 10.8 Å². The zero-order chi connectivity index (χ0) is 17.8. The number of amides is 2. The van der Waals surface area contributed by atoms with Crippen molar-refractivity contribution in [2.24, 2.45) is 5.92 Å². The molecule has 0 saturated heterocycles. The largest absolute Gasteiger partial charge is 0.347 e. The molecule has 1 aliphatic carbocycles. The van der Waals surface area contributed by atoms with Crippen LogP contribution in [-0.4, -0.2) is 28.6 Å². The van der Waals surface area contributed by atoms with Crippen molar-refractivity contribution in [1.29, 1.82) is 0 Å². The summed E-state index contributed by atoms with van der Waals surface area (Å²) >= 11 is 0. The fourth-order valence-electron chi connectivity index (χ4n) is 2.87. The van der Waals surface area contributed by atoms with Gasteiger partial charge in [0.1, 0.15) is 0 Å². The van der Waals surface area contributed by atoms with E-state index in [0.29, 0.717) is 6.42 Å². The zero-order valence-electron chi connectivity index (χ0n) is 13.4. The number of anilines is 1. The number of nitrogens with one attached hydrogen (secondary N) is 4. The van der Waals surface area contributed by atoms with Crippen LogP contribution in [0.1, 0.15) is 19.3 Å². The lowest BCUT2D eigenvalue weighted by molar-refractivity contribution is -0.127. The Hall–Kier alpha value is -3.16. The molecule has 4 N–H and O–H groups in total. The maximum Gasteiger partial charge on any atom is 0.272 e. The summed E-state index contributed by atoms with van der Waals surface area (Å²) < 4.78 is 0. The molecule has 3 rings (SSSR count). The Bertz CT molecular complexity index is 957. The highest BCUT2D eigenvalue weighted by atomic mass is 16.2. The number of hydrogen-bond donors (Lipinski definition) is 4. The third kappa shape index (κ3) is 3.68. The molecule has 0 fully saturated rings. The summed E-state index contributed by atoms with van der Waals surface area (Å²) in [5.41, 5.74) is -0.738. The summed E-state index contributed by atoms with van der Waals surface area (Å²) in [6.07, 6.45) is 6.31. The Balaban J connectivity index is 1.69. The van der Waals surface area contributed by atoms with E-state index in [1.54, 1.807) is 6.07 Å². The molecule has 1 unspecified atom stereocenters. The highest BCUT2D eigenvalue weighted by Gasteiger charge is 2.19. The molecular weight excluding hydrogens is 324 g/mol. The molecule has 0 spiro atoms. The highest BCUT2D eigenvalue weighted by molar-refractivity contribution is 6.02. The van der Waals surface area contributed by atoms with Gasteiger partial charge in [-0.1, -0.05) is 18.2 Å². The summed E-state index contributed by atoms with van der Waals surface area (Å²) in [7, 11) is 0. The second kappa shape index (κ2) is 7.16. The van der Waals surface area contributed by atoms with Gasteiger partial charge in [0.05, 0.1) is 23.0 Å². The van der Waals surface area contributed by atoms with Crippen LogP contribution in [0.5, 0.6) is 0 Å². The van der Waals surface area contributed by atoms with Crippen LogP contribution in [-0.2, 0) is 9.59 Å². The number of carbonyl (C=O) groups excluding carboxylic acids is 2. The first kappa shape index (κ1) is 16.7. The predicted molar refractivity (Wildman–Crippen MR) is 93.3 cm³/mol. The van der Waals surface area contributed by atoms with Gasteiger partial charge < -0.3 is 10.6 Å². The van der Waals surface area contributed by atoms with Gasteiger partial charge in [0.2, 0.25) is 11.8 Å². The van der Waals surface area contributed by atoms with Crippen LogP contribution in [0.15, 0.2) is 39.9 Å². The summed E-state index contributed by atoms with van der Waals surface area (Å²) in [5.74, 6) is -0.740. The standard InChI is InChI=1S/C17H18N4O4/c22-13(9-18-15(23)10-5-2-1-3-6-10)19-12-8-4-7-11-14(12)17(25)21-20-16(11)24/h1-2,4,7-8,10H,3,5-6,9H2,(H,18,23)(H,19,22)(H,20,24)(H,21,25). The quantitative estimate of drug-likeness (QED) is 0.608. The third-order valence-electron chi connectivity index (χ3n) is 4.16. The topological polar surface area (TPSA) is 124 Å². The fraction of sp³-hybridized carbons (Fsp3) is 0.294. The fourth-order valence-corrected chi connectivity index (χ4v) is 2.87. The number of fused-ring (bicyclic) bond motifs is 1. The van der Waals surface area contributed by atoms with E-state index in [2.05, 4.69) is 20.8 Å². The van der Waals surface area contributed by atoms with Crippen LogP contribution in [0.2, 0.25) is 0 Å². The maximum atomic E-state index is 12.1. The van der Waals surface area contributed by atoms with Gasteiger partial charge in [0, 0.05) is 5.92 Å². The van der Waals surface area contributed by atoms with Gasteiger partial charge in [-0.2, -0.15) is 0 Å². The Morgan fingerprint density at radius 2 is 1.92 bits per heavy atom. The Morgan fingerprint density at radius 3 is 2.68 bits per heavy atom. The van der Waals surface area contributed by atoms with Gasteiger partial charge in [-0.15, -0.1) is 0 Å². The van der Waals surface area contributed by atoms with Gasteiger partial charge in [-0.3, -0.25) is 29.4 Å². The van der Waals surface area contributed by atoms with Gasteiger partial charge in [0.15, 0.2) is 0 Å². The van der Waals surface area contributed by atoms with E-state index in [1.165, 1.54) is 12.1 Å². The first-order valence-corrected chi connectivity index (χ1v) is 8.02. The zero-order valence-corrected chi connectivity index (χ0v) is 13.4. The molecule has 8 heteroatoms. The molecule has 1 aromatic heterocycles. The normalized spacial score (nSPS) is 16.6. The molecule has 25 heavy (non-hydrogen) atoms. The van der Waals surface area contributed by atoms with Gasteiger partial charge in [-0.25, -0.2) is 0 Å². The molecule has 0 radical (unpaired) electrons. The summed E-state index contributed by atoms with van der Waals surface area (Å²) in [4.78, 5) is 47.9. The molecular formula is C17H18N4O4. The Kier molecular flexibility index (Phi) is 4.78. The molecule has 2 aromatic rings. The van der Waals surface area contributed by atoms with Crippen molar-refractivity contribution in [2.45, 2.75) is 19.3 Å². The van der Waals surface area contributed by atoms with Gasteiger partial charge in [0.25, 0.3) is 11.1 Å². The second-order valence-corrected chi connectivity index (χ2v) is 5.88. The minimum absolute atomic E-state index is 0.100. The second-order valence-electron chi connectivity index (χ2n) is 5.88. The monoisotopic (exact) mass is 342 g/mol. The van der Waals surface area contributed by atoms with Crippen LogP contribution >= 0.6 is 0 Å². The Morgan fingerprint density at radius 1 is 1.12 bits per heavy atom. The van der Waals surface area contributed by atoms with Crippen LogP contribution in [0.4, 0.5) is 5.69 Å². The molecule has 2 amide bonds. The van der Waals surface area contributed by atoms with E-state index >= 15 is 0 Å². The number of benzene rings is 1. The summed E-state index contributed by atoms with van der Waals surface area (Å²) in [6.45, 7) is -0.198. The molecule has 1 heterocycles. The number of aromatic amines is 2. The molecule has 0 aliphatic heterocycles. The SMILES string of the molecule is O=C(CNC(=O)C1CC=CCC1)Nc1cccc2c(=O)[nH][nH]c(=O)c12. The molecule has 8 nitrogen and oxygen atoms in total. The number of carbonyl (C=O) groups is 2. The van der Waals surface area contributed by atoms with E-state index in [1.807, 2.05) is 12.2 Å².